The Bertz CT molecular complexity index is 522. The third-order valence-corrected chi connectivity index (χ3v) is 3.93. The van der Waals surface area contributed by atoms with Gasteiger partial charge in [-0.15, -0.1) is 0 Å². The highest BCUT2D eigenvalue weighted by Crippen LogP contribution is 2.30. The van der Waals surface area contributed by atoms with Crippen molar-refractivity contribution < 1.29 is 22.1 Å². The molecule has 0 radical (unpaired) electrons. The van der Waals surface area contributed by atoms with E-state index in [2.05, 4.69) is 4.72 Å². The van der Waals surface area contributed by atoms with Crippen LogP contribution in [0.2, 0.25) is 5.02 Å². The molecule has 0 bridgehead atoms. The molecule has 2 atom stereocenters. The molecular formula is C12H18ClNO5S. The maximum atomic E-state index is 11.5. The van der Waals surface area contributed by atoms with Gasteiger partial charge in [0, 0.05) is 24.7 Å². The molecule has 0 saturated carbocycles. The predicted octanol–water partition coefficient (Wildman–Crippen LogP) is 1.87. The van der Waals surface area contributed by atoms with Gasteiger partial charge in [-0.3, -0.25) is 4.18 Å². The molecule has 0 aromatic heterocycles. The summed E-state index contributed by atoms with van der Waals surface area (Å²) in [7, 11) is -1.09. The van der Waals surface area contributed by atoms with Gasteiger partial charge in [0.05, 0.1) is 0 Å². The fourth-order valence-corrected chi connectivity index (χ4v) is 2.46. The Balaban J connectivity index is 2.97. The summed E-state index contributed by atoms with van der Waals surface area (Å²) in [4.78, 5) is 0. The first kappa shape index (κ1) is 17.4. The minimum absolute atomic E-state index is 0.0107. The Morgan fingerprint density at radius 2 is 2.00 bits per heavy atom. The van der Waals surface area contributed by atoms with Gasteiger partial charge in [0.15, 0.2) is 0 Å². The van der Waals surface area contributed by atoms with Crippen LogP contribution in [0.5, 0.6) is 0 Å². The van der Waals surface area contributed by atoms with Gasteiger partial charge < -0.3 is 9.47 Å². The molecule has 0 aliphatic carbocycles. The smallest absolute Gasteiger partial charge is 0.335 e. The van der Waals surface area contributed by atoms with Gasteiger partial charge in [0.25, 0.3) is 0 Å². The molecule has 0 heterocycles. The quantitative estimate of drug-likeness (QED) is 0.739. The van der Waals surface area contributed by atoms with Crippen molar-refractivity contribution in [3.8, 4) is 0 Å². The van der Waals surface area contributed by atoms with Crippen LogP contribution in [0.4, 0.5) is 0 Å². The summed E-state index contributed by atoms with van der Waals surface area (Å²) in [6, 6.07) is 6.99. The summed E-state index contributed by atoms with van der Waals surface area (Å²) in [5.41, 5.74) is 0.630. The van der Waals surface area contributed by atoms with E-state index >= 15 is 0 Å². The average molecular weight is 324 g/mol. The lowest BCUT2D eigenvalue weighted by Crippen LogP contribution is -2.31. The Labute approximate surface area is 124 Å². The first-order valence-electron chi connectivity index (χ1n) is 5.88. The minimum Gasteiger partial charge on any atom is -0.359 e. The number of rotatable bonds is 8. The van der Waals surface area contributed by atoms with Crippen LogP contribution in [0.25, 0.3) is 0 Å². The molecule has 20 heavy (non-hydrogen) atoms. The number of benzene rings is 1. The van der Waals surface area contributed by atoms with Gasteiger partial charge in [-0.25, -0.2) is 0 Å². The number of ether oxygens (including phenoxy) is 2. The monoisotopic (exact) mass is 323 g/mol. The largest absolute Gasteiger partial charge is 0.359 e. The third kappa shape index (κ3) is 5.01. The van der Waals surface area contributed by atoms with Crippen LogP contribution in [0.15, 0.2) is 24.3 Å². The molecule has 1 aromatic carbocycles. The Morgan fingerprint density at radius 3 is 2.55 bits per heavy atom. The highest BCUT2D eigenvalue weighted by molar-refractivity contribution is 7.84. The summed E-state index contributed by atoms with van der Waals surface area (Å²) in [5, 5.41) is 0.464. The Hall–Kier alpha value is -0.700. The fraction of sp³-hybridized carbons (Fsp3) is 0.500. The van der Waals surface area contributed by atoms with E-state index in [4.69, 9.17) is 25.3 Å². The standard InChI is InChI=1S/C12H18ClNO5S/c1-9(19-20(15,16)14-2)12(18-8-17-3)10-6-4-5-7-11(10)13/h4-7,9,12,14H,8H2,1-3H3/t9-,12+/m1/s1. The molecule has 114 valence electrons. The molecule has 6 nitrogen and oxygen atoms in total. The van der Waals surface area contributed by atoms with Crippen LogP contribution < -0.4 is 4.72 Å². The normalized spacial score (nSPS) is 15.0. The van der Waals surface area contributed by atoms with Crippen LogP contribution in [0.1, 0.15) is 18.6 Å². The molecule has 1 rings (SSSR count). The summed E-state index contributed by atoms with van der Waals surface area (Å²) in [6.45, 7) is 1.57. The van der Waals surface area contributed by atoms with Crippen molar-refractivity contribution >= 4 is 21.9 Å². The number of hydrogen-bond acceptors (Lipinski definition) is 5. The van der Waals surface area contributed by atoms with Crippen LogP contribution in [0, 0.1) is 0 Å². The van der Waals surface area contributed by atoms with Crippen molar-refractivity contribution in [3.05, 3.63) is 34.9 Å². The van der Waals surface area contributed by atoms with E-state index in [-0.39, 0.29) is 6.79 Å². The van der Waals surface area contributed by atoms with Crippen LogP contribution in [-0.2, 0) is 24.0 Å². The molecule has 0 unspecified atom stereocenters. The minimum atomic E-state index is -3.82. The van der Waals surface area contributed by atoms with Crippen LogP contribution in [-0.4, -0.2) is 35.5 Å². The van der Waals surface area contributed by atoms with Crippen molar-refractivity contribution in [2.45, 2.75) is 19.1 Å². The summed E-state index contributed by atoms with van der Waals surface area (Å²) < 4.78 is 40.3. The predicted molar refractivity (Wildman–Crippen MR) is 75.7 cm³/mol. The van der Waals surface area contributed by atoms with Gasteiger partial charge in [-0.1, -0.05) is 29.8 Å². The second-order valence-electron chi connectivity index (χ2n) is 3.97. The van der Waals surface area contributed by atoms with E-state index in [0.717, 1.165) is 0 Å². The van der Waals surface area contributed by atoms with E-state index in [9.17, 15) is 8.42 Å². The lowest BCUT2D eigenvalue weighted by Gasteiger charge is -2.24. The highest BCUT2D eigenvalue weighted by atomic mass is 35.5. The maximum Gasteiger partial charge on any atom is 0.335 e. The Kier molecular flexibility index (Phi) is 6.87. The van der Waals surface area contributed by atoms with E-state index in [1.807, 2.05) is 0 Å². The second-order valence-corrected chi connectivity index (χ2v) is 5.89. The van der Waals surface area contributed by atoms with Crippen molar-refractivity contribution in [3.63, 3.8) is 0 Å². The van der Waals surface area contributed by atoms with E-state index in [1.54, 1.807) is 31.2 Å². The summed E-state index contributed by atoms with van der Waals surface area (Å²) >= 11 is 6.11. The molecule has 0 aliphatic heterocycles. The zero-order valence-electron chi connectivity index (χ0n) is 11.5. The summed E-state index contributed by atoms with van der Waals surface area (Å²) in [5.74, 6) is 0. The fourth-order valence-electron chi connectivity index (χ4n) is 1.62. The number of hydrogen-bond donors (Lipinski definition) is 1. The molecular weight excluding hydrogens is 306 g/mol. The molecule has 0 aliphatic rings. The zero-order chi connectivity index (χ0) is 15.2. The molecule has 1 aromatic rings. The number of halogens is 1. The lowest BCUT2D eigenvalue weighted by molar-refractivity contribution is -0.104. The van der Waals surface area contributed by atoms with Crippen LogP contribution >= 0.6 is 11.6 Å². The molecule has 8 heteroatoms. The van der Waals surface area contributed by atoms with Gasteiger partial charge >= 0.3 is 10.3 Å². The molecule has 0 spiro atoms. The zero-order valence-corrected chi connectivity index (χ0v) is 13.1. The first-order chi connectivity index (χ1) is 9.41. The van der Waals surface area contributed by atoms with Crippen molar-refractivity contribution in [1.29, 1.82) is 0 Å². The van der Waals surface area contributed by atoms with Crippen molar-refractivity contribution in [2.24, 2.45) is 0 Å². The maximum absolute atomic E-state index is 11.5. The van der Waals surface area contributed by atoms with E-state index in [1.165, 1.54) is 14.2 Å². The molecule has 1 N–H and O–H groups in total. The molecule has 0 fully saturated rings. The lowest BCUT2D eigenvalue weighted by atomic mass is 10.1. The number of nitrogens with one attached hydrogen (secondary N) is 1. The first-order valence-corrected chi connectivity index (χ1v) is 7.66. The Morgan fingerprint density at radius 1 is 1.35 bits per heavy atom. The second kappa shape index (κ2) is 7.92. The highest BCUT2D eigenvalue weighted by Gasteiger charge is 2.27. The topological polar surface area (TPSA) is 73.9 Å². The number of methoxy groups -OCH3 is 1. The van der Waals surface area contributed by atoms with E-state index in [0.29, 0.717) is 10.6 Å². The van der Waals surface area contributed by atoms with Gasteiger partial charge in [-0.05, 0) is 13.0 Å². The van der Waals surface area contributed by atoms with Gasteiger partial charge in [0.2, 0.25) is 0 Å². The van der Waals surface area contributed by atoms with Gasteiger partial charge in [0.1, 0.15) is 19.0 Å². The van der Waals surface area contributed by atoms with Crippen molar-refractivity contribution in [2.75, 3.05) is 21.0 Å². The van der Waals surface area contributed by atoms with Gasteiger partial charge in [-0.2, -0.15) is 13.1 Å². The average Bonchev–Trinajstić information content (AvgIpc) is 2.40. The van der Waals surface area contributed by atoms with Crippen LogP contribution in [0.3, 0.4) is 0 Å². The third-order valence-electron chi connectivity index (χ3n) is 2.53. The molecule has 0 amide bonds. The molecule has 0 saturated heterocycles. The van der Waals surface area contributed by atoms with Crippen molar-refractivity contribution in [1.82, 2.24) is 4.72 Å². The van der Waals surface area contributed by atoms with E-state index < -0.39 is 22.5 Å². The summed E-state index contributed by atoms with van der Waals surface area (Å²) in [6.07, 6.45) is -1.45. The SMILES string of the molecule is CNS(=O)(=O)O[C@H](C)[C@H](OCOC)c1ccccc1Cl.